The summed E-state index contributed by atoms with van der Waals surface area (Å²) in [6.07, 6.45) is -4.04. The molecule has 1 aliphatic heterocycles. The summed E-state index contributed by atoms with van der Waals surface area (Å²) in [6, 6.07) is 4.51. The van der Waals surface area contributed by atoms with Crippen molar-refractivity contribution in [1.82, 2.24) is 4.90 Å². The lowest BCUT2D eigenvalue weighted by molar-refractivity contribution is -0.157. The molecule has 0 aromatic heterocycles. The Morgan fingerprint density at radius 1 is 1.26 bits per heavy atom. The van der Waals surface area contributed by atoms with Gasteiger partial charge in [0.25, 0.3) is 0 Å². The van der Waals surface area contributed by atoms with E-state index in [9.17, 15) is 18.0 Å². The van der Waals surface area contributed by atoms with Crippen molar-refractivity contribution in [2.75, 3.05) is 39.3 Å². The molecule has 0 saturated carbocycles. The van der Waals surface area contributed by atoms with E-state index < -0.39 is 24.7 Å². The van der Waals surface area contributed by atoms with Gasteiger partial charge >= 0.3 is 6.18 Å². The van der Waals surface area contributed by atoms with Crippen molar-refractivity contribution in [3.05, 3.63) is 18.2 Å². The number of benzene rings is 1. The predicted octanol–water partition coefficient (Wildman–Crippen LogP) is 2.30. The first-order valence-corrected chi connectivity index (χ1v) is 7.07. The summed E-state index contributed by atoms with van der Waals surface area (Å²) in [5.74, 6) is 0.523. The Morgan fingerprint density at radius 2 is 1.91 bits per heavy atom. The van der Waals surface area contributed by atoms with Gasteiger partial charge in [-0.1, -0.05) is 0 Å². The number of rotatable bonds is 5. The van der Waals surface area contributed by atoms with Gasteiger partial charge < -0.3 is 19.3 Å². The normalized spacial score (nSPS) is 18.3. The molecule has 8 heteroatoms. The SMILES string of the molecule is COc1ccc(N(C)[C@@H]2CCN(CC(F)(F)F)C2=O)cc1OC. The second-order valence-corrected chi connectivity index (χ2v) is 5.33. The van der Waals surface area contributed by atoms with E-state index in [2.05, 4.69) is 0 Å². The van der Waals surface area contributed by atoms with Gasteiger partial charge in [-0.05, 0) is 18.6 Å². The summed E-state index contributed by atoms with van der Waals surface area (Å²) in [7, 11) is 4.69. The smallest absolute Gasteiger partial charge is 0.406 e. The van der Waals surface area contributed by atoms with Crippen LogP contribution in [0.1, 0.15) is 6.42 Å². The fraction of sp³-hybridized carbons (Fsp3) is 0.533. The maximum Gasteiger partial charge on any atom is 0.406 e. The second-order valence-electron chi connectivity index (χ2n) is 5.33. The van der Waals surface area contributed by atoms with Crippen molar-refractivity contribution in [3.8, 4) is 11.5 Å². The molecule has 1 atom stereocenters. The molecular formula is C15H19F3N2O3. The van der Waals surface area contributed by atoms with Crippen molar-refractivity contribution in [2.24, 2.45) is 0 Å². The lowest BCUT2D eigenvalue weighted by Gasteiger charge is -2.26. The van der Waals surface area contributed by atoms with E-state index in [1.807, 2.05) is 0 Å². The lowest BCUT2D eigenvalue weighted by atomic mass is 10.2. The number of carbonyl (C=O) groups is 1. The molecule has 0 unspecified atom stereocenters. The number of hydrogen-bond acceptors (Lipinski definition) is 4. The summed E-state index contributed by atoms with van der Waals surface area (Å²) in [6.45, 7) is -1.11. The van der Waals surface area contributed by atoms with Crippen molar-refractivity contribution < 1.29 is 27.4 Å². The molecule has 128 valence electrons. The van der Waals surface area contributed by atoms with Gasteiger partial charge in [0.1, 0.15) is 12.6 Å². The summed E-state index contributed by atoms with van der Waals surface area (Å²) >= 11 is 0. The number of nitrogens with zero attached hydrogens (tertiary/aromatic N) is 2. The van der Waals surface area contributed by atoms with Crippen molar-refractivity contribution >= 4 is 11.6 Å². The number of likely N-dealkylation sites (tertiary alicyclic amines) is 1. The van der Waals surface area contributed by atoms with Gasteiger partial charge in [-0.3, -0.25) is 4.79 Å². The summed E-state index contributed by atoms with van der Waals surface area (Å²) in [5.41, 5.74) is 0.676. The summed E-state index contributed by atoms with van der Waals surface area (Å²) in [5, 5.41) is 0. The quantitative estimate of drug-likeness (QED) is 0.830. The second kappa shape index (κ2) is 6.55. The zero-order valence-corrected chi connectivity index (χ0v) is 13.2. The zero-order valence-electron chi connectivity index (χ0n) is 13.2. The Kier molecular flexibility index (Phi) is 4.91. The zero-order chi connectivity index (χ0) is 17.2. The molecule has 2 rings (SSSR count). The van der Waals surface area contributed by atoms with Crippen LogP contribution in [0, 0.1) is 0 Å². The van der Waals surface area contributed by atoms with Crippen LogP contribution < -0.4 is 14.4 Å². The largest absolute Gasteiger partial charge is 0.493 e. The standard InChI is InChI=1S/C15H19F3N2O3/c1-19(10-4-5-12(22-2)13(8-10)23-3)11-6-7-20(14(11)21)9-15(16,17)18/h4-5,8,11H,6-7,9H2,1-3H3/t11-/m1/s1. The first kappa shape index (κ1) is 17.2. The summed E-state index contributed by atoms with van der Waals surface area (Å²) in [4.78, 5) is 14.7. The molecule has 0 bridgehead atoms. The van der Waals surface area contributed by atoms with E-state index in [1.54, 1.807) is 30.1 Å². The van der Waals surface area contributed by atoms with E-state index in [4.69, 9.17) is 9.47 Å². The number of likely N-dealkylation sites (N-methyl/N-ethyl adjacent to an activating group) is 1. The van der Waals surface area contributed by atoms with Gasteiger partial charge in [-0.2, -0.15) is 13.2 Å². The Balaban J connectivity index is 2.15. The molecular weight excluding hydrogens is 313 g/mol. The van der Waals surface area contributed by atoms with Crippen LogP contribution in [-0.2, 0) is 4.79 Å². The molecule has 1 aromatic carbocycles. The third kappa shape index (κ3) is 3.80. The molecule has 1 aliphatic rings. The Labute approximate surface area is 132 Å². The summed E-state index contributed by atoms with van der Waals surface area (Å²) < 4.78 is 47.8. The lowest BCUT2D eigenvalue weighted by Crippen LogP contribution is -2.42. The average molecular weight is 332 g/mol. The molecule has 0 N–H and O–H groups in total. The van der Waals surface area contributed by atoms with E-state index in [1.165, 1.54) is 14.2 Å². The number of alkyl halides is 3. The minimum Gasteiger partial charge on any atom is -0.493 e. The fourth-order valence-electron chi connectivity index (χ4n) is 2.68. The van der Waals surface area contributed by atoms with Gasteiger partial charge in [0.15, 0.2) is 11.5 Å². The molecule has 1 amide bonds. The van der Waals surface area contributed by atoms with Gasteiger partial charge in [0, 0.05) is 25.3 Å². The number of ether oxygens (including phenoxy) is 2. The first-order valence-electron chi connectivity index (χ1n) is 7.07. The Morgan fingerprint density at radius 3 is 2.48 bits per heavy atom. The predicted molar refractivity (Wildman–Crippen MR) is 79.0 cm³/mol. The number of anilines is 1. The molecule has 0 radical (unpaired) electrons. The molecule has 23 heavy (non-hydrogen) atoms. The van der Waals surface area contributed by atoms with Crippen LogP contribution in [-0.4, -0.2) is 57.4 Å². The van der Waals surface area contributed by atoms with E-state index >= 15 is 0 Å². The van der Waals surface area contributed by atoms with Crippen molar-refractivity contribution in [3.63, 3.8) is 0 Å². The van der Waals surface area contributed by atoms with Crippen LogP contribution in [0.15, 0.2) is 18.2 Å². The number of carbonyl (C=O) groups excluding carboxylic acids is 1. The number of amides is 1. The highest BCUT2D eigenvalue weighted by molar-refractivity contribution is 5.87. The van der Waals surface area contributed by atoms with Gasteiger partial charge in [-0.25, -0.2) is 0 Å². The van der Waals surface area contributed by atoms with E-state index in [0.717, 1.165) is 4.90 Å². The van der Waals surface area contributed by atoms with Crippen LogP contribution in [0.2, 0.25) is 0 Å². The fourth-order valence-corrected chi connectivity index (χ4v) is 2.68. The number of methoxy groups -OCH3 is 2. The van der Waals surface area contributed by atoms with Crippen molar-refractivity contribution in [2.45, 2.75) is 18.6 Å². The number of halogens is 3. The maximum absolute atomic E-state index is 12.5. The van der Waals surface area contributed by atoms with Gasteiger partial charge in [-0.15, -0.1) is 0 Å². The van der Waals surface area contributed by atoms with Crippen LogP contribution >= 0.6 is 0 Å². The van der Waals surface area contributed by atoms with E-state index in [0.29, 0.717) is 23.6 Å². The monoisotopic (exact) mass is 332 g/mol. The van der Waals surface area contributed by atoms with Crippen LogP contribution in [0.25, 0.3) is 0 Å². The topological polar surface area (TPSA) is 42.0 Å². The van der Waals surface area contributed by atoms with Crippen molar-refractivity contribution in [1.29, 1.82) is 0 Å². The van der Waals surface area contributed by atoms with E-state index in [-0.39, 0.29) is 6.54 Å². The van der Waals surface area contributed by atoms with Gasteiger partial charge in [0.05, 0.1) is 14.2 Å². The van der Waals surface area contributed by atoms with Crippen LogP contribution in [0.3, 0.4) is 0 Å². The molecule has 0 spiro atoms. The minimum absolute atomic E-state index is 0.0979. The molecule has 1 heterocycles. The highest BCUT2D eigenvalue weighted by Gasteiger charge is 2.40. The molecule has 1 aromatic rings. The first-order chi connectivity index (χ1) is 10.8. The third-order valence-electron chi connectivity index (χ3n) is 3.88. The highest BCUT2D eigenvalue weighted by Crippen LogP contribution is 2.33. The maximum atomic E-state index is 12.5. The van der Waals surface area contributed by atoms with Crippen LogP contribution in [0.5, 0.6) is 11.5 Å². The van der Waals surface area contributed by atoms with Crippen LogP contribution in [0.4, 0.5) is 18.9 Å². The van der Waals surface area contributed by atoms with Gasteiger partial charge in [0.2, 0.25) is 5.91 Å². The molecule has 5 nitrogen and oxygen atoms in total. The highest BCUT2D eigenvalue weighted by atomic mass is 19.4. The molecule has 1 saturated heterocycles. The number of hydrogen-bond donors (Lipinski definition) is 0. The minimum atomic E-state index is -4.38. The Bertz CT molecular complexity index is 578. The molecule has 1 fully saturated rings. The third-order valence-corrected chi connectivity index (χ3v) is 3.88. The Hall–Kier alpha value is -2.12. The molecule has 0 aliphatic carbocycles. The average Bonchev–Trinajstić information content (AvgIpc) is 2.85.